The lowest BCUT2D eigenvalue weighted by Gasteiger charge is -2.36. The number of anilines is 1. The van der Waals surface area contributed by atoms with Gasteiger partial charge in [-0.1, -0.05) is 0 Å². The number of fused-ring (bicyclic) bond motifs is 1. The second-order valence-corrected chi connectivity index (χ2v) is 8.68. The van der Waals surface area contributed by atoms with Gasteiger partial charge in [-0.05, 0) is 51.2 Å². The summed E-state index contributed by atoms with van der Waals surface area (Å²) in [6, 6.07) is 4.67. The third-order valence-corrected chi connectivity index (χ3v) is 6.47. The third-order valence-electron chi connectivity index (χ3n) is 6.47. The van der Waals surface area contributed by atoms with Crippen LogP contribution in [0.1, 0.15) is 51.1 Å². The van der Waals surface area contributed by atoms with Gasteiger partial charge in [-0.3, -0.25) is 14.3 Å². The molecule has 2 aliphatic heterocycles. The van der Waals surface area contributed by atoms with Crippen molar-refractivity contribution in [1.82, 2.24) is 14.7 Å². The summed E-state index contributed by atoms with van der Waals surface area (Å²) in [5.41, 5.74) is 3.83. The number of aromatic nitrogens is 2. The van der Waals surface area contributed by atoms with Gasteiger partial charge >= 0.3 is 0 Å². The van der Waals surface area contributed by atoms with Crippen LogP contribution >= 0.6 is 0 Å². The van der Waals surface area contributed by atoms with Crippen LogP contribution in [0, 0.1) is 0 Å². The van der Waals surface area contributed by atoms with E-state index in [0.717, 1.165) is 60.5 Å². The number of hydrogen-bond acceptors (Lipinski definition) is 4. The Bertz CT molecular complexity index is 990. The zero-order valence-corrected chi connectivity index (χ0v) is 17.6. The minimum atomic E-state index is 0.0195. The number of benzene rings is 1. The lowest BCUT2D eigenvalue weighted by molar-refractivity contribution is -0.136. The highest BCUT2D eigenvalue weighted by atomic mass is 16.5. The van der Waals surface area contributed by atoms with Gasteiger partial charge in [0.1, 0.15) is 5.75 Å². The van der Waals surface area contributed by atoms with Crippen LogP contribution in [-0.4, -0.2) is 52.2 Å². The second-order valence-electron chi connectivity index (χ2n) is 8.68. The molecule has 1 aromatic carbocycles. The molecule has 0 radical (unpaired) electrons. The smallest absolute Gasteiger partial charge is 0.260 e. The molecule has 1 saturated carbocycles. The monoisotopic (exact) mass is 408 g/mol. The summed E-state index contributed by atoms with van der Waals surface area (Å²) in [5.74, 6) is 0.765. The molecule has 1 aromatic heterocycles. The van der Waals surface area contributed by atoms with Crippen LogP contribution in [0.25, 0.3) is 11.1 Å². The van der Waals surface area contributed by atoms with Crippen LogP contribution in [-0.2, 0) is 16.0 Å². The maximum absolute atomic E-state index is 12.5. The Morgan fingerprint density at radius 3 is 2.67 bits per heavy atom. The number of likely N-dealkylation sites (tertiary alicyclic amines) is 1. The fraction of sp³-hybridized carbons (Fsp3) is 0.522. The lowest BCUT2D eigenvalue weighted by Crippen LogP contribution is -2.44. The molecule has 5 rings (SSSR count). The van der Waals surface area contributed by atoms with Crippen LogP contribution in [0.15, 0.2) is 24.5 Å². The first kappa shape index (κ1) is 19.2. The first-order valence-electron chi connectivity index (χ1n) is 10.9. The van der Waals surface area contributed by atoms with Crippen LogP contribution in [0.4, 0.5) is 5.69 Å². The summed E-state index contributed by atoms with van der Waals surface area (Å²) in [6.45, 7) is 5.33. The van der Waals surface area contributed by atoms with E-state index in [9.17, 15) is 9.59 Å². The lowest BCUT2D eigenvalue weighted by atomic mass is 9.92. The Hall–Kier alpha value is -2.83. The summed E-state index contributed by atoms with van der Waals surface area (Å²) in [6.07, 6.45) is 9.03. The number of carbonyl (C=O) groups is 2. The fourth-order valence-electron chi connectivity index (χ4n) is 4.48. The molecule has 2 fully saturated rings. The molecule has 3 heterocycles. The summed E-state index contributed by atoms with van der Waals surface area (Å²) in [7, 11) is 0. The maximum atomic E-state index is 12.5. The van der Waals surface area contributed by atoms with Crippen molar-refractivity contribution in [3.63, 3.8) is 0 Å². The normalized spacial score (nSPS) is 20.5. The number of amides is 2. The van der Waals surface area contributed by atoms with E-state index >= 15 is 0 Å². The van der Waals surface area contributed by atoms with Crippen LogP contribution in [0.2, 0.25) is 0 Å². The van der Waals surface area contributed by atoms with E-state index in [4.69, 9.17) is 4.74 Å². The van der Waals surface area contributed by atoms with E-state index in [1.54, 1.807) is 6.92 Å². The summed E-state index contributed by atoms with van der Waals surface area (Å²) in [4.78, 5) is 28.5. The molecule has 2 aromatic rings. The van der Waals surface area contributed by atoms with Gasteiger partial charge in [0.2, 0.25) is 5.91 Å². The van der Waals surface area contributed by atoms with Crippen molar-refractivity contribution in [2.45, 2.75) is 58.0 Å². The van der Waals surface area contributed by atoms with Crippen molar-refractivity contribution in [1.29, 1.82) is 0 Å². The van der Waals surface area contributed by atoms with Gasteiger partial charge in [0.05, 0.1) is 17.9 Å². The molecule has 3 aliphatic rings. The van der Waals surface area contributed by atoms with Crippen molar-refractivity contribution in [2.75, 3.05) is 24.6 Å². The molecule has 0 N–H and O–H groups in total. The highest BCUT2D eigenvalue weighted by Gasteiger charge is 2.31. The molecule has 0 spiro atoms. The van der Waals surface area contributed by atoms with Gasteiger partial charge in [0, 0.05) is 48.9 Å². The molecule has 2 amide bonds. The van der Waals surface area contributed by atoms with E-state index in [1.807, 2.05) is 32.8 Å². The van der Waals surface area contributed by atoms with Crippen LogP contribution in [0.5, 0.6) is 5.75 Å². The van der Waals surface area contributed by atoms with Gasteiger partial charge in [0.15, 0.2) is 6.61 Å². The number of rotatable bonds is 5. The molecule has 7 nitrogen and oxygen atoms in total. The van der Waals surface area contributed by atoms with Crippen molar-refractivity contribution < 1.29 is 14.3 Å². The third kappa shape index (κ3) is 3.36. The summed E-state index contributed by atoms with van der Waals surface area (Å²) < 4.78 is 8.21. The predicted octanol–water partition coefficient (Wildman–Crippen LogP) is 3.18. The zero-order chi connectivity index (χ0) is 20.8. The van der Waals surface area contributed by atoms with Crippen molar-refractivity contribution in [2.24, 2.45) is 0 Å². The largest absolute Gasteiger partial charge is 0.483 e. The van der Waals surface area contributed by atoms with Gasteiger partial charge < -0.3 is 14.5 Å². The predicted molar refractivity (Wildman–Crippen MR) is 114 cm³/mol. The Morgan fingerprint density at radius 2 is 2.00 bits per heavy atom. The van der Waals surface area contributed by atoms with E-state index < -0.39 is 0 Å². The number of ether oxygens (including phenoxy) is 1. The summed E-state index contributed by atoms with van der Waals surface area (Å²) in [5, 5.41) is 4.53. The fourth-order valence-corrected chi connectivity index (χ4v) is 4.48. The average molecular weight is 409 g/mol. The summed E-state index contributed by atoms with van der Waals surface area (Å²) >= 11 is 0. The Balaban J connectivity index is 1.53. The first-order valence-corrected chi connectivity index (χ1v) is 10.9. The number of carbonyl (C=O) groups excluding carboxylic acids is 2. The zero-order valence-electron chi connectivity index (χ0n) is 17.6. The molecule has 30 heavy (non-hydrogen) atoms. The van der Waals surface area contributed by atoms with Gasteiger partial charge in [-0.25, -0.2) is 0 Å². The minimum absolute atomic E-state index is 0.0195. The molecular weight excluding hydrogens is 380 g/mol. The number of nitrogens with zero attached hydrogens (tertiary/aromatic N) is 4. The molecule has 7 heteroatoms. The van der Waals surface area contributed by atoms with E-state index in [2.05, 4.69) is 18.2 Å². The molecule has 1 saturated heterocycles. The van der Waals surface area contributed by atoms with Crippen LogP contribution in [0.3, 0.4) is 0 Å². The highest BCUT2D eigenvalue weighted by Crippen LogP contribution is 2.44. The minimum Gasteiger partial charge on any atom is -0.483 e. The Morgan fingerprint density at radius 1 is 1.20 bits per heavy atom. The Kier molecular flexibility index (Phi) is 4.76. The molecular formula is C23H28N4O3. The van der Waals surface area contributed by atoms with Gasteiger partial charge in [0.25, 0.3) is 5.91 Å². The first-order chi connectivity index (χ1) is 14.5. The molecule has 0 bridgehead atoms. The van der Waals surface area contributed by atoms with Crippen molar-refractivity contribution >= 4 is 17.5 Å². The molecule has 1 aliphatic carbocycles. The molecule has 1 unspecified atom stereocenters. The molecule has 158 valence electrons. The standard InChI is InChI=1S/C23H28N4O3/c1-15-4-7-20-21(27(15)16(2)28)9-8-19(17-12-24-26(13-17)18-5-6-18)23(20)30-14-22(29)25-10-3-11-25/h8-9,12-13,15,18H,3-7,10-11,14H2,1-2H3. The van der Waals surface area contributed by atoms with Crippen molar-refractivity contribution in [3.8, 4) is 16.9 Å². The average Bonchev–Trinajstić information content (AvgIpc) is 3.41. The SMILES string of the molecule is CC(=O)N1c2ccc(-c3cnn(C4CC4)c3)c(OCC(=O)N3CCC3)c2CCC1C. The second kappa shape index (κ2) is 7.45. The topological polar surface area (TPSA) is 67.7 Å². The van der Waals surface area contributed by atoms with E-state index in [1.165, 1.54) is 12.8 Å². The van der Waals surface area contributed by atoms with Gasteiger partial charge in [-0.15, -0.1) is 0 Å². The Labute approximate surface area is 176 Å². The van der Waals surface area contributed by atoms with E-state index in [0.29, 0.717) is 6.04 Å². The highest BCUT2D eigenvalue weighted by molar-refractivity contribution is 5.95. The molecule has 1 atom stereocenters. The maximum Gasteiger partial charge on any atom is 0.260 e. The van der Waals surface area contributed by atoms with Crippen LogP contribution < -0.4 is 9.64 Å². The van der Waals surface area contributed by atoms with Crippen molar-refractivity contribution in [3.05, 3.63) is 30.1 Å². The van der Waals surface area contributed by atoms with Gasteiger partial charge in [-0.2, -0.15) is 5.10 Å². The quantitative estimate of drug-likeness (QED) is 0.762. The van der Waals surface area contributed by atoms with E-state index in [-0.39, 0.29) is 24.5 Å². The number of hydrogen-bond donors (Lipinski definition) is 0.